The molecule has 1 aromatic heterocycles. The van der Waals surface area contributed by atoms with Gasteiger partial charge in [-0.05, 0) is 34.8 Å². The van der Waals surface area contributed by atoms with Crippen molar-refractivity contribution in [3.05, 3.63) is 22.9 Å². The number of ether oxygens (including phenoxy) is 1. The van der Waals surface area contributed by atoms with Crippen LogP contribution < -0.4 is 4.74 Å². The van der Waals surface area contributed by atoms with Gasteiger partial charge in [-0.1, -0.05) is 13.8 Å². The van der Waals surface area contributed by atoms with Gasteiger partial charge in [-0.25, -0.2) is 0 Å². The molecule has 0 N–H and O–H groups in total. The van der Waals surface area contributed by atoms with E-state index in [4.69, 9.17) is 4.74 Å². The third-order valence-corrected chi connectivity index (χ3v) is 4.20. The molecule has 1 unspecified atom stereocenters. The molecule has 0 amide bonds. The Hall–Kier alpha value is -0.900. The highest BCUT2D eigenvalue weighted by Crippen LogP contribution is 2.45. The Kier molecular flexibility index (Phi) is 3.52. The molecule has 2 rings (SSSR count). The van der Waals surface area contributed by atoms with Crippen LogP contribution in [0.2, 0.25) is 0 Å². The molecule has 1 atom stereocenters. The summed E-state index contributed by atoms with van der Waals surface area (Å²) < 4.78 is 6.77. The Balaban J connectivity index is 2.13. The summed E-state index contributed by atoms with van der Waals surface area (Å²) in [5.41, 5.74) is -0.275. The maximum absolute atomic E-state index is 11.8. The molecule has 1 fully saturated rings. The van der Waals surface area contributed by atoms with Crippen molar-refractivity contribution >= 4 is 21.7 Å². The Morgan fingerprint density at radius 2 is 2.18 bits per heavy atom. The quantitative estimate of drug-likeness (QED) is 0.855. The molecule has 0 aromatic carbocycles. The van der Waals surface area contributed by atoms with Crippen LogP contribution in [0.5, 0.6) is 5.75 Å². The van der Waals surface area contributed by atoms with E-state index in [-0.39, 0.29) is 11.5 Å². The molecule has 1 aliphatic carbocycles. The van der Waals surface area contributed by atoms with Crippen molar-refractivity contribution in [2.45, 2.75) is 39.2 Å². The first kappa shape index (κ1) is 12.6. The first-order valence-corrected chi connectivity index (χ1v) is 6.72. The van der Waals surface area contributed by atoms with Crippen LogP contribution in [0.1, 0.15) is 33.1 Å². The summed E-state index contributed by atoms with van der Waals surface area (Å²) in [6.45, 7) is 4.10. The van der Waals surface area contributed by atoms with E-state index in [1.54, 1.807) is 12.4 Å². The van der Waals surface area contributed by atoms with E-state index in [0.29, 0.717) is 12.2 Å². The monoisotopic (exact) mass is 297 g/mol. The smallest absolute Gasteiger partial charge is 0.146 e. The largest absolute Gasteiger partial charge is 0.487 e. The summed E-state index contributed by atoms with van der Waals surface area (Å²) in [7, 11) is 0. The van der Waals surface area contributed by atoms with E-state index in [0.717, 1.165) is 23.1 Å². The third-order valence-electron chi connectivity index (χ3n) is 3.76. The maximum Gasteiger partial charge on any atom is 0.146 e. The first-order chi connectivity index (χ1) is 8.12. The summed E-state index contributed by atoms with van der Waals surface area (Å²) in [5, 5.41) is 0. The predicted molar refractivity (Wildman–Crippen MR) is 69.0 cm³/mol. The van der Waals surface area contributed by atoms with E-state index in [9.17, 15) is 4.79 Å². The van der Waals surface area contributed by atoms with E-state index in [1.165, 1.54) is 0 Å². The average Bonchev–Trinajstić information content (AvgIpc) is 2.30. The van der Waals surface area contributed by atoms with Crippen LogP contribution in [-0.4, -0.2) is 16.9 Å². The standard InChI is InChI=1S/C13H16BrNO2/c1-3-13(4-2)11(16)6-12(13)17-10-5-9(14)7-15-8-10/h5,7-8,12H,3-4,6H2,1-2H3. The Morgan fingerprint density at radius 3 is 2.71 bits per heavy atom. The minimum atomic E-state index is -0.275. The second-order valence-corrected chi connectivity index (χ2v) is 5.35. The van der Waals surface area contributed by atoms with Gasteiger partial charge in [-0.2, -0.15) is 0 Å². The summed E-state index contributed by atoms with van der Waals surface area (Å²) in [5.74, 6) is 1.05. The van der Waals surface area contributed by atoms with Crippen LogP contribution in [0.4, 0.5) is 0 Å². The molecule has 0 radical (unpaired) electrons. The van der Waals surface area contributed by atoms with Crippen molar-refractivity contribution in [3.8, 4) is 5.75 Å². The maximum atomic E-state index is 11.8. The van der Waals surface area contributed by atoms with Crippen molar-refractivity contribution in [3.63, 3.8) is 0 Å². The van der Waals surface area contributed by atoms with E-state index < -0.39 is 0 Å². The average molecular weight is 298 g/mol. The molecule has 4 heteroatoms. The van der Waals surface area contributed by atoms with Crippen LogP contribution in [-0.2, 0) is 4.79 Å². The topological polar surface area (TPSA) is 39.2 Å². The fourth-order valence-corrected chi connectivity index (χ4v) is 2.83. The molecule has 0 saturated heterocycles. The molecule has 0 aliphatic heterocycles. The number of nitrogens with zero attached hydrogens (tertiary/aromatic N) is 1. The highest BCUT2D eigenvalue weighted by molar-refractivity contribution is 9.10. The number of hydrogen-bond donors (Lipinski definition) is 0. The molecule has 1 saturated carbocycles. The highest BCUT2D eigenvalue weighted by Gasteiger charge is 2.53. The highest BCUT2D eigenvalue weighted by atomic mass is 79.9. The van der Waals surface area contributed by atoms with Gasteiger partial charge in [0, 0.05) is 17.1 Å². The Labute approximate surface area is 110 Å². The number of pyridine rings is 1. The number of rotatable bonds is 4. The fraction of sp³-hybridized carbons (Fsp3) is 0.538. The number of carbonyl (C=O) groups excluding carboxylic acids is 1. The zero-order valence-corrected chi connectivity index (χ0v) is 11.7. The van der Waals surface area contributed by atoms with Crippen LogP contribution in [0.15, 0.2) is 22.9 Å². The number of halogens is 1. The molecule has 1 aliphatic rings. The second-order valence-electron chi connectivity index (χ2n) is 4.44. The first-order valence-electron chi connectivity index (χ1n) is 5.93. The van der Waals surface area contributed by atoms with Crippen LogP contribution >= 0.6 is 15.9 Å². The molecule has 3 nitrogen and oxygen atoms in total. The van der Waals surface area contributed by atoms with Gasteiger partial charge in [0.25, 0.3) is 0 Å². The summed E-state index contributed by atoms with van der Waals surface area (Å²) in [6, 6.07) is 1.88. The number of ketones is 1. The summed E-state index contributed by atoms with van der Waals surface area (Å²) in [4.78, 5) is 15.8. The van der Waals surface area contributed by atoms with Crippen molar-refractivity contribution in [2.24, 2.45) is 5.41 Å². The van der Waals surface area contributed by atoms with Gasteiger partial charge in [0.15, 0.2) is 0 Å². The zero-order valence-electron chi connectivity index (χ0n) is 10.1. The minimum Gasteiger partial charge on any atom is -0.487 e. The zero-order chi connectivity index (χ0) is 12.5. The van der Waals surface area contributed by atoms with E-state index in [1.807, 2.05) is 6.07 Å². The third kappa shape index (κ3) is 2.10. The SMILES string of the molecule is CCC1(CC)C(=O)CC1Oc1cncc(Br)c1. The van der Waals surface area contributed by atoms with Crippen LogP contribution in [0.25, 0.3) is 0 Å². The predicted octanol–water partition coefficient (Wildman–Crippen LogP) is 3.37. The Morgan fingerprint density at radius 1 is 1.47 bits per heavy atom. The number of carbonyl (C=O) groups is 1. The van der Waals surface area contributed by atoms with Gasteiger partial charge in [0.05, 0.1) is 11.6 Å². The molecule has 17 heavy (non-hydrogen) atoms. The lowest BCUT2D eigenvalue weighted by atomic mass is 9.61. The Bertz CT molecular complexity index is 429. The molecule has 92 valence electrons. The molecular weight excluding hydrogens is 282 g/mol. The van der Waals surface area contributed by atoms with Gasteiger partial charge in [-0.15, -0.1) is 0 Å². The second kappa shape index (κ2) is 4.77. The van der Waals surface area contributed by atoms with E-state index >= 15 is 0 Å². The molecule has 0 bridgehead atoms. The van der Waals surface area contributed by atoms with Crippen molar-refractivity contribution in [1.82, 2.24) is 4.98 Å². The van der Waals surface area contributed by atoms with Crippen molar-refractivity contribution in [1.29, 1.82) is 0 Å². The van der Waals surface area contributed by atoms with Gasteiger partial charge in [0.2, 0.25) is 0 Å². The lowest BCUT2D eigenvalue weighted by Gasteiger charge is -2.46. The fourth-order valence-electron chi connectivity index (χ4n) is 2.49. The van der Waals surface area contributed by atoms with Crippen molar-refractivity contribution in [2.75, 3.05) is 0 Å². The van der Waals surface area contributed by atoms with E-state index in [2.05, 4.69) is 34.8 Å². The summed E-state index contributed by atoms with van der Waals surface area (Å²) >= 11 is 3.36. The van der Waals surface area contributed by atoms with Crippen LogP contribution in [0, 0.1) is 5.41 Å². The van der Waals surface area contributed by atoms with Gasteiger partial charge >= 0.3 is 0 Å². The lowest BCUT2D eigenvalue weighted by Crippen LogP contribution is -2.56. The minimum absolute atomic E-state index is 0.00102. The number of aromatic nitrogens is 1. The summed E-state index contributed by atoms with van der Waals surface area (Å²) in [6.07, 6.45) is 5.60. The normalized spacial score (nSPS) is 22.1. The number of Topliss-reactive ketones (excluding diaryl/α,β-unsaturated/α-hetero) is 1. The van der Waals surface area contributed by atoms with Crippen molar-refractivity contribution < 1.29 is 9.53 Å². The molecule has 0 spiro atoms. The molecule has 1 aromatic rings. The molecule has 1 heterocycles. The van der Waals surface area contributed by atoms with Gasteiger partial charge in [-0.3, -0.25) is 9.78 Å². The van der Waals surface area contributed by atoms with Gasteiger partial charge < -0.3 is 4.74 Å². The lowest BCUT2D eigenvalue weighted by molar-refractivity contribution is -0.153. The van der Waals surface area contributed by atoms with Crippen LogP contribution in [0.3, 0.4) is 0 Å². The number of hydrogen-bond acceptors (Lipinski definition) is 3. The van der Waals surface area contributed by atoms with Gasteiger partial charge in [0.1, 0.15) is 17.6 Å². The molecular formula is C13H16BrNO2.